The van der Waals surface area contributed by atoms with Crippen molar-refractivity contribution < 1.29 is 9.53 Å². The summed E-state index contributed by atoms with van der Waals surface area (Å²) >= 11 is 6.44. The third kappa shape index (κ3) is 5.69. The van der Waals surface area contributed by atoms with Crippen molar-refractivity contribution in [3.05, 3.63) is 89.1 Å². The fourth-order valence-corrected chi connectivity index (χ4v) is 3.37. The SMILES string of the molecule is C=NC=CC=C(C)C=CC(=O)NCC1Cc2cc(-c3ccccc3)cc(Cl)c2O1. The summed E-state index contributed by atoms with van der Waals surface area (Å²) in [5.74, 6) is 0.543. The van der Waals surface area contributed by atoms with Crippen LogP contribution in [-0.2, 0) is 11.2 Å². The molecule has 2 aromatic rings. The maximum Gasteiger partial charge on any atom is 0.244 e. The van der Waals surface area contributed by atoms with E-state index in [-0.39, 0.29) is 12.0 Å². The summed E-state index contributed by atoms with van der Waals surface area (Å²) in [7, 11) is 0. The maximum absolute atomic E-state index is 12.1. The lowest BCUT2D eigenvalue weighted by molar-refractivity contribution is -0.116. The van der Waals surface area contributed by atoms with E-state index >= 15 is 0 Å². The summed E-state index contributed by atoms with van der Waals surface area (Å²) in [5.41, 5.74) is 4.17. The lowest BCUT2D eigenvalue weighted by atomic mass is 10.0. The average Bonchev–Trinajstić information content (AvgIpc) is 3.15. The molecule has 0 saturated carbocycles. The van der Waals surface area contributed by atoms with Gasteiger partial charge < -0.3 is 10.1 Å². The molecule has 2 aromatic carbocycles. The third-order valence-corrected chi connectivity index (χ3v) is 4.79. The van der Waals surface area contributed by atoms with Crippen LogP contribution in [-0.4, -0.2) is 25.3 Å². The van der Waals surface area contributed by atoms with Gasteiger partial charge in [-0.3, -0.25) is 9.79 Å². The molecule has 0 bridgehead atoms. The molecule has 1 atom stereocenters. The molecular weight excluding hydrogens is 384 g/mol. The number of carbonyl (C=O) groups excluding carboxylic acids is 1. The topological polar surface area (TPSA) is 50.7 Å². The number of nitrogens with one attached hydrogen (secondary N) is 1. The van der Waals surface area contributed by atoms with Crippen LogP contribution in [0, 0.1) is 0 Å². The molecule has 1 aliphatic heterocycles. The lowest BCUT2D eigenvalue weighted by Crippen LogP contribution is -2.33. The quantitative estimate of drug-likeness (QED) is 0.393. The summed E-state index contributed by atoms with van der Waals surface area (Å²) in [6.45, 7) is 5.68. The summed E-state index contributed by atoms with van der Waals surface area (Å²) in [6, 6.07) is 14.1. The lowest BCUT2D eigenvalue weighted by Gasteiger charge is -2.11. The highest BCUT2D eigenvalue weighted by atomic mass is 35.5. The van der Waals surface area contributed by atoms with Crippen LogP contribution < -0.4 is 10.1 Å². The Morgan fingerprint density at radius 3 is 2.83 bits per heavy atom. The van der Waals surface area contributed by atoms with Crippen molar-refractivity contribution in [2.24, 2.45) is 4.99 Å². The number of hydrogen-bond acceptors (Lipinski definition) is 3. The molecule has 0 saturated heterocycles. The number of fused-ring (bicyclic) bond motifs is 1. The number of carbonyl (C=O) groups is 1. The number of halogens is 1. The van der Waals surface area contributed by atoms with Gasteiger partial charge in [-0.1, -0.05) is 59.7 Å². The van der Waals surface area contributed by atoms with Crippen LogP contribution in [0.5, 0.6) is 5.75 Å². The molecule has 0 aliphatic carbocycles. The van der Waals surface area contributed by atoms with Gasteiger partial charge in [0, 0.05) is 24.3 Å². The Labute approximate surface area is 176 Å². The average molecular weight is 407 g/mol. The molecule has 4 nitrogen and oxygen atoms in total. The molecule has 0 radical (unpaired) electrons. The molecule has 0 spiro atoms. The van der Waals surface area contributed by atoms with Crippen LogP contribution in [0.25, 0.3) is 11.1 Å². The van der Waals surface area contributed by atoms with Gasteiger partial charge in [0.05, 0.1) is 11.6 Å². The first-order valence-corrected chi connectivity index (χ1v) is 9.74. The summed E-state index contributed by atoms with van der Waals surface area (Å²) in [4.78, 5) is 15.7. The van der Waals surface area contributed by atoms with Crippen molar-refractivity contribution in [1.82, 2.24) is 5.32 Å². The highest BCUT2D eigenvalue weighted by molar-refractivity contribution is 6.32. The van der Waals surface area contributed by atoms with Gasteiger partial charge in [0.1, 0.15) is 11.9 Å². The number of amides is 1. The number of hydrogen-bond donors (Lipinski definition) is 1. The Balaban J connectivity index is 1.58. The molecule has 3 rings (SSSR count). The largest absolute Gasteiger partial charge is 0.486 e. The van der Waals surface area contributed by atoms with E-state index in [2.05, 4.69) is 35.2 Å². The van der Waals surface area contributed by atoms with Gasteiger partial charge in [0.25, 0.3) is 0 Å². The minimum Gasteiger partial charge on any atom is -0.486 e. The minimum absolute atomic E-state index is 0.135. The Morgan fingerprint density at radius 1 is 1.28 bits per heavy atom. The van der Waals surface area contributed by atoms with Gasteiger partial charge in [-0.15, -0.1) is 0 Å². The van der Waals surface area contributed by atoms with E-state index in [1.807, 2.05) is 37.3 Å². The van der Waals surface area contributed by atoms with Crippen molar-refractivity contribution in [2.75, 3.05) is 6.54 Å². The second-order valence-electron chi connectivity index (χ2n) is 6.77. The Kier molecular flexibility index (Phi) is 7.04. The maximum atomic E-state index is 12.1. The number of benzene rings is 2. The summed E-state index contributed by atoms with van der Waals surface area (Å²) < 4.78 is 5.96. The Morgan fingerprint density at radius 2 is 2.07 bits per heavy atom. The van der Waals surface area contributed by atoms with Crippen molar-refractivity contribution in [2.45, 2.75) is 19.4 Å². The van der Waals surface area contributed by atoms with Crippen molar-refractivity contribution in [3.63, 3.8) is 0 Å². The molecule has 148 valence electrons. The Hall–Kier alpha value is -3.11. The predicted octanol–water partition coefficient (Wildman–Crippen LogP) is 5.14. The molecular formula is C24H23ClN2O2. The van der Waals surface area contributed by atoms with Crippen LogP contribution in [0.3, 0.4) is 0 Å². The molecule has 5 heteroatoms. The number of nitrogens with zero attached hydrogens (tertiary/aromatic N) is 1. The molecule has 29 heavy (non-hydrogen) atoms. The zero-order valence-corrected chi connectivity index (χ0v) is 17.0. The van der Waals surface area contributed by atoms with Gasteiger partial charge in [-0.25, -0.2) is 0 Å². The van der Waals surface area contributed by atoms with Crippen LogP contribution in [0.1, 0.15) is 12.5 Å². The number of ether oxygens (including phenoxy) is 1. The third-order valence-electron chi connectivity index (χ3n) is 4.51. The monoisotopic (exact) mass is 406 g/mol. The molecule has 0 fully saturated rings. The molecule has 1 unspecified atom stereocenters. The van der Waals surface area contributed by atoms with Crippen molar-refractivity contribution in [3.8, 4) is 16.9 Å². The first-order chi connectivity index (χ1) is 14.1. The fourth-order valence-electron chi connectivity index (χ4n) is 3.09. The van der Waals surface area contributed by atoms with E-state index in [1.165, 1.54) is 6.08 Å². The number of aliphatic imine (C=N–C) groups is 1. The predicted molar refractivity (Wildman–Crippen MR) is 120 cm³/mol. The second-order valence-corrected chi connectivity index (χ2v) is 7.18. The first kappa shape index (κ1) is 20.6. The molecule has 0 aromatic heterocycles. The van der Waals surface area contributed by atoms with Gasteiger partial charge in [0.15, 0.2) is 0 Å². The normalized spacial score (nSPS) is 16.1. The summed E-state index contributed by atoms with van der Waals surface area (Å²) in [5, 5.41) is 3.48. The van der Waals surface area contributed by atoms with Crippen LogP contribution >= 0.6 is 11.6 Å². The summed E-state index contributed by atoms with van der Waals surface area (Å²) in [6.07, 6.45) is 9.02. The van der Waals surface area contributed by atoms with Gasteiger partial charge in [-0.2, -0.15) is 0 Å². The van der Waals surface area contributed by atoms with Crippen molar-refractivity contribution in [1.29, 1.82) is 0 Å². The standard InChI is InChI=1S/C24H23ClN2O2/c1-17(7-6-12-26-2)10-11-23(28)27-16-21-14-20-13-19(15-22(25)24(20)29-21)18-8-4-3-5-9-18/h3-13,15,21H,2,14,16H2,1H3,(H,27,28). The zero-order valence-electron chi connectivity index (χ0n) is 16.3. The second kappa shape index (κ2) is 9.89. The van der Waals surface area contributed by atoms with Crippen LogP contribution in [0.2, 0.25) is 5.02 Å². The number of rotatable bonds is 7. The van der Waals surface area contributed by atoms with E-state index in [1.54, 1.807) is 18.4 Å². The van der Waals surface area contributed by atoms with E-state index in [4.69, 9.17) is 16.3 Å². The molecule has 1 amide bonds. The number of allylic oxidation sites excluding steroid dienone is 4. The van der Waals surface area contributed by atoms with Gasteiger partial charge >= 0.3 is 0 Å². The minimum atomic E-state index is -0.167. The molecule has 1 N–H and O–H groups in total. The van der Waals surface area contributed by atoms with Crippen LogP contribution in [0.4, 0.5) is 0 Å². The van der Waals surface area contributed by atoms with E-state index in [0.29, 0.717) is 23.7 Å². The smallest absolute Gasteiger partial charge is 0.244 e. The van der Waals surface area contributed by atoms with E-state index in [9.17, 15) is 4.79 Å². The Bertz CT molecular complexity index is 978. The molecule has 1 aliphatic rings. The van der Waals surface area contributed by atoms with Crippen molar-refractivity contribution >= 4 is 24.2 Å². The zero-order chi connectivity index (χ0) is 20.6. The fraction of sp³-hybridized carbons (Fsp3) is 0.167. The highest BCUT2D eigenvalue weighted by Crippen LogP contribution is 2.39. The first-order valence-electron chi connectivity index (χ1n) is 9.36. The van der Waals surface area contributed by atoms with Gasteiger partial charge in [0.2, 0.25) is 5.91 Å². The van der Waals surface area contributed by atoms with E-state index < -0.39 is 0 Å². The van der Waals surface area contributed by atoms with Crippen LogP contribution in [0.15, 0.2) is 83.5 Å². The highest BCUT2D eigenvalue weighted by Gasteiger charge is 2.26. The van der Waals surface area contributed by atoms with E-state index in [0.717, 1.165) is 22.3 Å². The van der Waals surface area contributed by atoms with Gasteiger partial charge in [-0.05, 0) is 43.0 Å². The molecule has 1 heterocycles.